The summed E-state index contributed by atoms with van der Waals surface area (Å²) in [7, 11) is 0. The summed E-state index contributed by atoms with van der Waals surface area (Å²) in [5.41, 5.74) is 3.73. The first-order valence-corrected chi connectivity index (χ1v) is 20.9. The van der Waals surface area contributed by atoms with Gasteiger partial charge in [0.05, 0.1) is 17.7 Å². The lowest BCUT2D eigenvalue weighted by Crippen LogP contribution is -2.33. The van der Waals surface area contributed by atoms with E-state index in [-0.39, 0.29) is 43.1 Å². The smallest absolute Gasteiger partial charge is 0.333 e. The first kappa shape index (κ1) is 42.5. The van der Waals surface area contributed by atoms with E-state index in [1.54, 1.807) is 26.0 Å². The van der Waals surface area contributed by atoms with E-state index in [0.717, 1.165) is 53.6 Å². The lowest BCUT2D eigenvalue weighted by molar-refractivity contribution is -0.140. The fraction of sp³-hybridized carbons (Fsp3) is 0.0877. The highest BCUT2D eigenvalue weighted by atomic mass is 16.5. The van der Waals surface area contributed by atoms with Gasteiger partial charge in [-0.15, -0.1) is 0 Å². The maximum absolute atomic E-state index is 12.7. The normalized spacial score (nSPS) is 11.8. The van der Waals surface area contributed by atoms with Crippen molar-refractivity contribution in [3.63, 3.8) is 0 Å². The summed E-state index contributed by atoms with van der Waals surface area (Å²) in [6.45, 7) is 14.5. The Morgan fingerprint density at radius 3 is 1.28 bits per heavy atom. The van der Waals surface area contributed by atoms with Crippen LogP contribution in [0.3, 0.4) is 0 Å². The molecule has 0 fully saturated rings. The van der Waals surface area contributed by atoms with Gasteiger partial charge >= 0.3 is 11.9 Å². The van der Waals surface area contributed by atoms with Crippen LogP contribution in [0, 0.1) is 0 Å². The van der Waals surface area contributed by atoms with Gasteiger partial charge < -0.3 is 9.47 Å². The number of imide groups is 1. The molecule has 0 spiro atoms. The highest BCUT2D eigenvalue weighted by molar-refractivity contribution is 6.23. The summed E-state index contributed by atoms with van der Waals surface area (Å²) in [6.07, 6.45) is 1.95. The summed E-state index contributed by atoms with van der Waals surface area (Å²) in [4.78, 5) is 49.6. The summed E-state index contributed by atoms with van der Waals surface area (Å²) >= 11 is 0. The van der Waals surface area contributed by atoms with Crippen molar-refractivity contribution >= 4 is 94.5 Å². The zero-order valence-electron chi connectivity index (χ0n) is 35.7. The molecule has 0 aromatic heterocycles. The molecule has 0 radical (unpaired) electrons. The van der Waals surface area contributed by atoms with Crippen LogP contribution in [0.15, 0.2) is 189 Å². The number of amides is 2. The van der Waals surface area contributed by atoms with Crippen LogP contribution in [-0.4, -0.2) is 41.8 Å². The van der Waals surface area contributed by atoms with Crippen LogP contribution in [0.2, 0.25) is 0 Å². The summed E-state index contributed by atoms with van der Waals surface area (Å²) < 4.78 is 10.4. The number of esters is 2. The third kappa shape index (κ3) is 8.65. The number of rotatable bonds is 8. The van der Waals surface area contributed by atoms with E-state index in [1.807, 2.05) is 66.7 Å². The quantitative estimate of drug-likeness (QED) is 0.0655. The monoisotopic (exact) mass is 839 g/mol. The lowest BCUT2D eigenvalue weighted by Gasteiger charge is -2.13. The first-order chi connectivity index (χ1) is 31.0. The molecule has 0 atom stereocenters. The largest absolute Gasteiger partial charge is 0.460 e. The van der Waals surface area contributed by atoms with Crippen LogP contribution >= 0.6 is 0 Å². The Morgan fingerprint density at radius 2 is 0.859 bits per heavy atom. The fourth-order valence-electron chi connectivity index (χ4n) is 8.08. The minimum atomic E-state index is -0.538. The Hall–Kier alpha value is -8.16. The molecular formula is C57H45NO6. The molecule has 0 saturated heterocycles. The average Bonchev–Trinajstić information content (AvgIpc) is 3.54. The minimum Gasteiger partial charge on any atom is -0.460 e. The second-order valence-corrected chi connectivity index (χ2v) is 15.7. The molecule has 64 heavy (non-hydrogen) atoms. The molecule has 7 nitrogen and oxygen atoms in total. The van der Waals surface area contributed by atoms with Crippen molar-refractivity contribution in [1.82, 2.24) is 4.90 Å². The Balaban J connectivity index is 0.000000136. The van der Waals surface area contributed by atoms with Gasteiger partial charge in [-0.05, 0) is 120 Å². The van der Waals surface area contributed by atoms with E-state index >= 15 is 0 Å². The van der Waals surface area contributed by atoms with Gasteiger partial charge in [0, 0.05) is 16.7 Å². The number of hydrogen-bond donors (Lipinski definition) is 0. The van der Waals surface area contributed by atoms with Crippen LogP contribution in [-0.2, 0) is 25.7 Å². The van der Waals surface area contributed by atoms with Gasteiger partial charge in [-0.2, -0.15) is 0 Å². The van der Waals surface area contributed by atoms with Crippen molar-refractivity contribution in [2.24, 2.45) is 0 Å². The van der Waals surface area contributed by atoms with Gasteiger partial charge in [-0.25, -0.2) is 9.59 Å². The number of hydrogen-bond acceptors (Lipinski definition) is 6. The SMILES string of the molecule is C=C(C)C(=O)OCCN1C(=O)c2cc3cc4ccccc4cc3cc2C1=O.C=C(C)C(=O)OCc1c2ccccc2cc2ccccc12.C=Cc1c2ccccc2cc2ccccc12. The third-order valence-corrected chi connectivity index (χ3v) is 11.3. The molecule has 2 amide bonds. The van der Waals surface area contributed by atoms with Crippen molar-refractivity contribution in [3.8, 4) is 0 Å². The van der Waals surface area contributed by atoms with Gasteiger partial charge in [-0.1, -0.05) is 147 Å². The predicted molar refractivity (Wildman–Crippen MR) is 260 cm³/mol. The summed E-state index contributed by atoms with van der Waals surface area (Å²) in [5.74, 6) is -1.62. The van der Waals surface area contributed by atoms with Gasteiger partial charge in [0.1, 0.15) is 13.2 Å². The maximum atomic E-state index is 12.7. The lowest BCUT2D eigenvalue weighted by atomic mass is 9.97. The Morgan fingerprint density at radius 1 is 0.500 bits per heavy atom. The van der Waals surface area contributed by atoms with Crippen molar-refractivity contribution in [2.75, 3.05) is 13.2 Å². The van der Waals surface area contributed by atoms with E-state index in [2.05, 4.69) is 105 Å². The number of ether oxygens (including phenoxy) is 2. The Kier molecular flexibility index (Phi) is 12.3. The molecule has 0 bridgehead atoms. The molecule has 10 rings (SSSR count). The molecule has 314 valence electrons. The van der Waals surface area contributed by atoms with Gasteiger partial charge in [0.25, 0.3) is 11.8 Å². The van der Waals surface area contributed by atoms with Crippen LogP contribution in [0.5, 0.6) is 0 Å². The molecule has 0 aliphatic carbocycles. The number of carbonyl (C=O) groups excluding carboxylic acids is 4. The Labute approximate surface area is 371 Å². The zero-order chi connectivity index (χ0) is 44.9. The number of carbonyl (C=O) groups is 4. The molecule has 9 aromatic carbocycles. The first-order valence-electron chi connectivity index (χ1n) is 20.9. The zero-order valence-corrected chi connectivity index (χ0v) is 35.7. The van der Waals surface area contributed by atoms with Crippen LogP contribution in [0.4, 0.5) is 0 Å². The Bertz CT molecular complexity index is 3200. The molecule has 1 aliphatic rings. The molecule has 0 unspecified atom stereocenters. The molecule has 1 aliphatic heterocycles. The molecule has 1 heterocycles. The molecule has 0 N–H and O–H groups in total. The molecular weight excluding hydrogens is 795 g/mol. The molecule has 9 aromatic rings. The summed E-state index contributed by atoms with van der Waals surface area (Å²) in [6, 6.07) is 53.1. The van der Waals surface area contributed by atoms with Crippen molar-refractivity contribution < 1.29 is 28.7 Å². The number of nitrogens with zero attached hydrogens (tertiary/aromatic N) is 1. The average molecular weight is 840 g/mol. The van der Waals surface area contributed by atoms with Crippen molar-refractivity contribution in [2.45, 2.75) is 20.5 Å². The molecule has 0 saturated carbocycles. The van der Waals surface area contributed by atoms with E-state index < -0.39 is 5.97 Å². The van der Waals surface area contributed by atoms with Crippen LogP contribution < -0.4 is 0 Å². The van der Waals surface area contributed by atoms with Gasteiger partial charge in [-0.3, -0.25) is 14.5 Å². The second-order valence-electron chi connectivity index (χ2n) is 15.7. The van der Waals surface area contributed by atoms with E-state index in [9.17, 15) is 19.2 Å². The van der Waals surface area contributed by atoms with Crippen molar-refractivity contribution in [3.05, 3.63) is 211 Å². The maximum Gasteiger partial charge on any atom is 0.333 e. The van der Waals surface area contributed by atoms with Crippen molar-refractivity contribution in [1.29, 1.82) is 0 Å². The predicted octanol–water partition coefficient (Wildman–Crippen LogP) is 13.0. The fourth-order valence-corrected chi connectivity index (χ4v) is 8.08. The van der Waals surface area contributed by atoms with Crippen LogP contribution in [0.1, 0.15) is 45.7 Å². The highest BCUT2D eigenvalue weighted by Gasteiger charge is 2.35. The topological polar surface area (TPSA) is 90.0 Å². The highest BCUT2D eigenvalue weighted by Crippen LogP contribution is 2.32. The second kappa shape index (κ2) is 18.4. The third-order valence-electron chi connectivity index (χ3n) is 11.3. The van der Waals surface area contributed by atoms with Crippen LogP contribution in [0.25, 0.3) is 70.7 Å². The van der Waals surface area contributed by atoms with Gasteiger partial charge in [0.2, 0.25) is 0 Å². The standard InChI is InChI=1S/C22H17NO4.C19H16O2.C16H12/c1-13(2)22(26)27-8-7-23-20(24)18-11-16-9-14-5-3-4-6-15(14)10-17(16)12-19(18)21(23)25;1-13(2)19(20)21-12-18-16-9-5-3-7-14(16)11-15-8-4-6-10-17(15)18;1-2-14-15-9-5-3-7-12(15)11-13-8-4-6-10-16(13)14/h3-6,9-12H,1,7-8H2,2H3;3-11H,1,12H2,2H3;2-11H,1H2. The van der Waals surface area contributed by atoms with E-state index in [1.165, 1.54) is 27.1 Å². The number of fused-ring (bicyclic) bond motifs is 7. The minimum absolute atomic E-state index is 0.0175. The van der Waals surface area contributed by atoms with Gasteiger partial charge in [0.15, 0.2) is 0 Å². The van der Waals surface area contributed by atoms with E-state index in [0.29, 0.717) is 16.7 Å². The summed E-state index contributed by atoms with van der Waals surface area (Å²) in [5, 5.41) is 13.6. The number of benzene rings is 9. The molecule has 7 heteroatoms. The van der Waals surface area contributed by atoms with E-state index in [4.69, 9.17) is 9.47 Å².